The number of likely N-dealkylation sites (N-methyl/N-ethyl adjacent to an activating group) is 1. The monoisotopic (exact) mass is 241 g/mol. The lowest BCUT2D eigenvalue weighted by atomic mass is 10.1. The Balaban J connectivity index is 2.12. The van der Waals surface area contributed by atoms with Gasteiger partial charge < -0.3 is 9.64 Å². The molecule has 0 bridgehead atoms. The third-order valence-electron chi connectivity index (χ3n) is 2.77. The molecule has 0 spiro atoms. The van der Waals surface area contributed by atoms with E-state index in [4.69, 9.17) is 4.74 Å². The second-order valence-electron chi connectivity index (χ2n) is 4.58. The highest BCUT2D eigenvalue weighted by Gasteiger charge is 2.04. The quantitative estimate of drug-likeness (QED) is 0.793. The summed E-state index contributed by atoms with van der Waals surface area (Å²) in [7, 11) is 4.17. The largest absolute Gasteiger partial charge is 0.457 e. The van der Waals surface area contributed by atoms with Gasteiger partial charge in [0, 0.05) is 6.54 Å². The zero-order chi connectivity index (χ0) is 12.8. The molecule has 0 unspecified atom stereocenters. The number of nitrogens with zero attached hydrogens (tertiary/aromatic N) is 1. The molecule has 2 aromatic carbocycles. The molecule has 0 amide bonds. The number of hydrogen-bond acceptors (Lipinski definition) is 2. The van der Waals surface area contributed by atoms with Crippen molar-refractivity contribution < 1.29 is 4.74 Å². The Hall–Kier alpha value is -1.80. The van der Waals surface area contributed by atoms with Crippen molar-refractivity contribution in [3.05, 3.63) is 60.2 Å². The topological polar surface area (TPSA) is 12.5 Å². The van der Waals surface area contributed by atoms with Crippen molar-refractivity contribution >= 4 is 0 Å². The van der Waals surface area contributed by atoms with Crippen LogP contribution in [0.2, 0.25) is 0 Å². The van der Waals surface area contributed by atoms with Crippen molar-refractivity contribution in [2.24, 2.45) is 0 Å². The van der Waals surface area contributed by atoms with E-state index in [-0.39, 0.29) is 0 Å². The van der Waals surface area contributed by atoms with Crippen molar-refractivity contribution in [3.8, 4) is 11.5 Å². The lowest BCUT2D eigenvalue weighted by Crippen LogP contribution is -2.15. The Kier molecular flexibility index (Phi) is 4.37. The molecule has 2 aromatic rings. The minimum absolute atomic E-state index is 0.884. The third kappa shape index (κ3) is 3.60. The first-order valence-corrected chi connectivity index (χ1v) is 6.21. The summed E-state index contributed by atoms with van der Waals surface area (Å²) in [6.45, 7) is 1.02. The fourth-order valence-corrected chi connectivity index (χ4v) is 1.77. The van der Waals surface area contributed by atoms with E-state index in [0.29, 0.717) is 0 Å². The van der Waals surface area contributed by atoms with Gasteiger partial charge in [-0.3, -0.25) is 0 Å². The van der Waals surface area contributed by atoms with Crippen LogP contribution in [-0.4, -0.2) is 25.5 Å². The summed E-state index contributed by atoms with van der Waals surface area (Å²) < 4.78 is 5.92. The highest BCUT2D eigenvalue weighted by atomic mass is 16.5. The number of ether oxygens (including phenoxy) is 1. The smallest absolute Gasteiger partial charge is 0.130 e. The third-order valence-corrected chi connectivity index (χ3v) is 2.77. The van der Waals surface area contributed by atoms with E-state index in [1.807, 2.05) is 42.5 Å². The molecule has 0 heterocycles. The Bertz CT molecular complexity index is 479. The van der Waals surface area contributed by atoms with Crippen molar-refractivity contribution in [3.63, 3.8) is 0 Å². The van der Waals surface area contributed by atoms with E-state index in [2.05, 4.69) is 31.1 Å². The van der Waals surface area contributed by atoms with Gasteiger partial charge in [0.25, 0.3) is 0 Å². The zero-order valence-electron chi connectivity index (χ0n) is 11.0. The van der Waals surface area contributed by atoms with Crippen molar-refractivity contribution in [1.29, 1.82) is 0 Å². The van der Waals surface area contributed by atoms with Gasteiger partial charge in [0.1, 0.15) is 11.5 Å². The van der Waals surface area contributed by atoms with Crippen LogP contribution in [-0.2, 0) is 6.42 Å². The van der Waals surface area contributed by atoms with Gasteiger partial charge in [-0.05, 0) is 44.3 Å². The number of para-hydroxylation sites is 2. The minimum Gasteiger partial charge on any atom is -0.457 e. The van der Waals surface area contributed by atoms with Crippen molar-refractivity contribution in [1.82, 2.24) is 4.90 Å². The SMILES string of the molecule is CN(C)CCc1ccccc1Oc1ccccc1. The molecule has 0 N–H and O–H groups in total. The molecule has 0 aliphatic rings. The predicted molar refractivity (Wildman–Crippen MR) is 75.2 cm³/mol. The molecule has 0 aliphatic carbocycles. The van der Waals surface area contributed by atoms with Crippen LogP contribution in [0.15, 0.2) is 54.6 Å². The van der Waals surface area contributed by atoms with Gasteiger partial charge in [-0.25, -0.2) is 0 Å². The van der Waals surface area contributed by atoms with Gasteiger partial charge >= 0.3 is 0 Å². The Morgan fingerprint density at radius 3 is 2.28 bits per heavy atom. The summed E-state index contributed by atoms with van der Waals surface area (Å²) in [4.78, 5) is 2.18. The second-order valence-corrected chi connectivity index (χ2v) is 4.58. The molecular weight excluding hydrogens is 222 g/mol. The summed E-state index contributed by atoms with van der Waals surface area (Å²) in [5, 5.41) is 0. The molecule has 18 heavy (non-hydrogen) atoms. The van der Waals surface area contributed by atoms with Crippen LogP contribution in [0.1, 0.15) is 5.56 Å². The van der Waals surface area contributed by atoms with E-state index >= 15 is 0 Å². The fraction of sp³-hybridized carbons (Fsp3) is 0.250. The molecule has 2 heteroatoms. The minimum atomic E-state index is 0.884. The van der Waals surface area contributed by atoms with Crippen LogP contribution in [0.5, 0.6) is 11.5 Å². The molecule has 2 nitrogen and oxygen atoms in total. The molecule has 0 atom stereocenters. The van der Waals surface area contributed by atoms with Crippen LogP contribution in [0.4, 0.5) is 0 Å². The summed E-state index contributed by atoms with van der Waals surface area (Å²) in [5.74, 6) is 1.83. The Morgan fingerprint density at radius 2 is 1.56 bits per heavy atom. The van der Waals surface area contributed by atoms with Crippen LogP contribution in [0.3, 0.4) is 0 Å². The molecule has 0 radical (unpaired) electrons. The van der Waals surface area contributed by atoms with Crippen LogP contribution in [0.25, 0.3) is 0 Å². The summed E-state index contributed by atoms with van der Waals surface area (Å²) >= 11 is 0. The molecule has 0 aromatic heterocycles. The molecule has 0 saturated carbocycles. The van der Waals surface area contributed by atoms with Crippen LogP contribution in [0, 0.1) is 0 Å². The van der Waals surface area contributed by atoms with E-state index in [9.17, 15) is 0 Å². The van der Waals surface area contributed by atoms with Gasteiger partial charge in [-0.1, -0.05) is 36.4 Å². The van der Waals surface area contributed by atoms with Gasteiger partial charge in [0.05, 0.1) is 0 Å². The highest BCUT2D eigenvalue weighted by molar-refractivity contribution is 5.37. The van der Waals surface area contributed by atoms with Crippen molar-refractivity contribution in [2.45, 2.75) is 6.42 Å². The van der Waals surface area contributed by atoms with Crippen LogP contribution < -0.4 is 4.74 Å². The van der Waals surface area contributed by atoms with E-state index < -0.39 is 0 Å². The molecule has 0 aliphatic heterocycles. The maximum atomic E-state index is 5.92. The lowest BCUT2D eigenvalue weighted by Gasteiger charge is -2.13. The van der Waals surface area contributed by atoms with Gasteiger partial charge in [-0.15, -0.1) is 0 Å². The number of rotatable bonds is 5. The van der Waals surface area contributed by atoms with Gasteiger partial charge in [-0.2, -0.15) is 0 Å². The molecular formula is C16H19NO. The molecule has 0 saturated heterocycles. The average molecular weight is 241 g/mol. The summed E-state index contributed by atoms with van der Waals surface area (Å²) in [6, 6.07) is 18.1. The summed E-state index contributed by atoms with van der Waals surface area (Å²) in [6.07, 6.45) is 0.996. The van der Waals surface area contributed by atoms with Gasteiger partial charge in [0.2, 0.25) is 0 Å². The summed E-state index contributed by atoms with van der Waals surface area (Å²) in [5.41, 5.74) is 1.25. The van der Waals surface area contributed by atoms with E-state index in [1.54, 1.807) is 0 Å². The standard InChI is InChI=1S/C16H19NO/c1-17(2)13-12-14-8-6-7-11-16(14)18-15-9-4-3-5-10-15/h3-11H,12-13H2,1-2H3. The maximum absolute atomic E-state index is 5.92. The van der Waals surface area contributed by atoms with Crippen LogP contribution >= 0.6 is 0 Å². The number of hydrogen-bond donors (Lipinski definition) is 0. The fourth-order valence-electron chi connectivity index (χ4n) is 1.77. The molecule has 0 fully saturated rings. The normalized spacial score (nSPS) is 10.6. The Labute approximate surface area is 109 Å². The average Bonchev–Trinajstić information content (AvgIpc) is 2.39. The van der Waals surface area contributed by atoms with E-state index in [0.717, 1.165) is 24.5 Å². The first-order valence-electron chi connectivity index (χ1n) is 6.21. The first-order chi connectivity index (χ1) is 8.75. The van der Waals surface area contributed by atoms with E-state index in [1.165, 1.54) is 5.56 Å². The second kappa shape index (κ2) is 6.22. The predicted octanol–water partition coefficient (Wildman–Crippen LogP) is 3.58. The maximum Gasteiger partial charge on any atom is 0.130 e. The zero-order valence-corrected chi connectivity index (χ0v) is 11.0. The Morgan fingerprint density at radius 1 is 0.889 bits per heavy atom. The number of benzene rings is 2. The first kappa shape index (κ1) is 12.7. The van der Waals surface area contributed by atoms with Crippen molar-refractivity contribution in [2.75, 3.05) is 20.6 Å². The lowest BCUT2D eigenvalue weighted by molar-refractivity contribution is 0.408. The molecule has 2 rings (SSSR count). The van der Waals surface area contributed by atoms with Gasteiger partial charge in [0.15, 0.2) is 0 Å². The molecule has 94 valence electrons. The highest BCUT2D eigenvalue weighted by Crippen LogP contribution is 2.25.